The molecule has 0 saturated carbocycles. The number of halogens is 3. The molecular weight excluding hydrogens is 329 g/mol. The zero-order valence-corrected chi connectivity index (χ0v) is 12.0. The molecule has 1 heterocycles. The Labute approximate surface area is 118 Å². The summed E-state index contributed by atoms with van der Waals surface area (Å²) in [4.78, 5) is 13.2. The molecule has 1 aromatic rings. The zero-order chi connectivity index (χ0) is 12.6. The molecule has 1 atom stereocenters. The molecule has 2 rings (SSSR count). The Morgan fingerprint density at radius 2 is 2.29 bits per heavy atom. The number of hydrogen-bond acceptors (Lipinski definition) is 2. The Kier molecular flexibility index (Phi) is 4.00. The van der Waals surface area contributed by atoms with Gasteiger partial charge in [0.15, 0.2) is 5.82 Å². The minimum Gasteiger partial charge on any atom is -0.309 e. The lowest BCUT2D eigenvalue weighted by Crippen LogP contribution is -2.25. The van der Waals surface area contributed by atoms with Crippen molar-refractivity contribution in [3.05, 3.63) is 27.4 Å². The summed E-state index contributed by atoms with van der Waals surface area (Å²) in [5.74, 6) is 0.150. The molecule has 17 heavy (non-hydrogen) atoms. The Bertz CT molecular complexity index is 471. The smallest absolute Gasteiger partial charge is 0.227 e. The van der Waals surface area contributed by atoms with Crippen LogP contribution in [0.3, 0.4) is 0 Å². The van der Waals surface area contributed by atoms with Crippen LogP contribution in [0.25, 0.3) is 0 Å². The van der Waals surface area contributed by atoms with Crippen molar-refractivity contribution in [3.8, 4) is 0 Å². The maximum atomic E-state index is 13.9. The number of benzene rings is 1. The van der Waals surface area contributed by atoms with E-state index in [1.54, 1.807) is 12.1 Å². The summed E-state index contributed by atoms with van der Waals surface area (Å²) in [6.45, 7) is 0.497. The molecule has 1 aliphatic rings. The average Bonchev–Trinajstić information content (AvgIpc) is 2.68. The van der Waals surface area contributed by atoms with Crippen molar-refractivity contribution in [2.75, 3.05) is 17.2 Å². The highest BCUT2D eigenvalue weighted by molar-refractivity contribution is 9.10. The summed E-state index contributed by atoms with van der Waals surface area (Å²) < 4.78 is 14.4. The molecule has 92 valence electrons. The molecule has 2 nitrogen and oxygen atoms in total. The van der Waals surface area contributed by atoms with Gasteiger partial charge in [0.1, 0.15) is 0 Å². The van der Waals surface area contributed by atoms with E-state index in [-0.39, 0.29) is 22.5 Å². The topological polar surface area (TPSA) is 20.3 Å². The number of amides is 1. The molecule has 1 fully saturated rings. The van der Waals surface area contributed by atoms with E-state index in [1.165, 1.54) is 4.90 Å². The predicted molar refractivity (Wildman–Crippen MR) is 73.4 cm³/mol. The first-order chi connectivity index (χ1) is 8.04. The van der Waals surface area contributed by atoms with E-state index in [0.717, 1.165) is 0 Å². The van der Waals surface area contributed by atoms with Crippen LogP contribution < -0.4 is 4.90 Å². The molecule has 6 heteroatoms. The SMILES string of the molecule is O=C1CC(CS)CN1c1ccc(Br)c(Cl)c1F. The van der Waals surface area contributed by atoms with Crippen LogP contribution in [0, 0.1) is 11.7 Å². The molecule has 1 aliphatic heterocycles. The fourth-order valence-corrected chi connectivity index (χ4v) is 2.57. The molecule has 1 unspecified atom stereocenters. The lowest BCUT2D eigenvalue weighted by molar-refractivity contribution is -0.117. The third-order valence-electron chi connectivity index (χ3n) is 2.77. The third-order valence-corrected chi connectivity index (χ3v) is 4.54. The van der Waals surface area contributed by atoms with Gasteiger partial charge in [0.05, 0.1) is 10.7 Å². The van der Waals surface area contributed by atoms with Gasteiger partial charge >= 0.3 is 0 Å². The number of nitrogens with zero attached hydrogens (tertiary/aromatic N) is 1. The van der Waals surface area contributed by atoms with Crippen molar-refractivity contribution >= 4 is 51.8 Å². The van der Waals surface area contributed by atoms with Crippen molar-refractivity contribution in [2.45, 2.75) is 6.42 Å². The van der Waals surface area contributed by atoms with Gasteiger partial charge in [-0.15, -0.1) is 0 Å². The summed E-state index contributed by atoms with van der Waals surface area (Å²) in [7, 11) is 0. The zero-order valence-electron chi connectivity index (χ0n) is 8.79. The molecule has 1 aromatic carbocycles. The number of carbonyl (C=O) groups is 1. The van der Waals surface area contributed by atoms with Crippen LogP contribution in [0.5, 0.6) is 0 Å². The maximum Gasteiger partial charge on any atom is 0.227 e. The van der Waals surface area contributed by atoms with Gasteiger partial charge in [0, 0.05) is 17.4 Å². The van der Waals surface area contributed by atoms with Gasteiger partial charge in [-0.1, -0.05) is 11.6 Å². The Balaban J connectivity index is 2.35. The monoisotopic (exact) mass is 337 g/mol. The Morgan fingerprint density at radius 1 is 1.59 bits per heavy atom. The minimum absolute atomic E-state index is 0.00428. The minimum atomic E-state index is -0.561. The Morgan fingerprint density at radius 3 is 2.88 bits per heavy atom. The molecule has 0 aromatic heterocycles. The van der Waals surface area contributed by atoms with E-state index in [0.29, 0.717) is 23.2 Å². The number of hydrogen-bond donors (Lipinski definition) is 1. The van der Waals surface area contributed by atoms with Gasteiger partial charge in [0.2, 0.25) is 5.91 Å². The standard InChI is InChI=1S/C11H10BrClFNOS/c12-7-1-2-8(11(14)10(7)13)15-4-6(5-17)3-9(15)16/h1-2,6,17H,3-5H2. The van der Waals surface area contributed by atoms with Crippen LogP contribution in [0.15, 0.2) is 16.6 Å². The second kappa shape index (κ2) is 5.16. The summed E-state index contributed by atoms with van der Waals surface area (Å²) in [6, 6.07) is 3.20. The molecule has 0 N–H and O–H groups in total. The highest BCUT2D eigenvalue weighted by Crippen LogP contribution is 2.35. The molecule has 1 amide bonds. The number of anilines is 1. The second-order valence-corrected chi connectivity index (χ2v) is 5.55. The number of thiol groups is 1. The van der Waals surface area contributed by atoms with Crippen LogP contribution >= 0.6 is 40.2 Å². The lowest BCUT2D eigenvalue weighted by Gasteiger charge is -2.18. The Hall–Kier alpha value is -0.260. The van der Waals surface area contributed by atoms with Crippen molar-refractivity contribution in [2.24, 2.45) is 5.92 Å². The van der Waals surface area contributed by atoms with Crippen molar-refractivity contribution < 1.29 is 9.18 Å². The van der Waals surface area contributed by atoms with E-state index in [2.05, 4.69) is 28.6 Å². The average molecular weight is 339 g/mol. The van der Waals surface area contributed by atoms with Crippen molar-refractivity contribution in [1.29, 1.82) is 0 Å². The molecule has 0 aliphatic carbocycles. The van der Waals surface area contributed by atoms with Crippen molar-refractivity contribution in [1.82, 2.24) is 0 Å². The maximum absolute atomic E-state index is 13.9. The summed E-state index contributed by atoms with van der Waals surface area (Å²) in [5.41, 5.74) is 0.243. The summed E-state index contributed by atoms with van der Waals surface area (Å²) in [5, 5.41) is 0.00428. The van der Waals surface area contributed by atoms with E-state index < -0.39 is 5.82 Å². The van der Waals surface area contributed by atoms with Gasteiger partial charge in [-0.05, 0) is 39.7 Å². The fourth-order valence-electron chi connectivity index (χ4n) is 1.86. The molecule has 0 bridgehead atoms. The van der Waals surface area contributed by atoms with E-state index in [4.69, 9.17) is 11.6 Å². The van der Waals surface area contributed by atoms with Crippen LogP contribution in [-0.2, 0) is 4.79 Å². The molecule has 0 spiro atoms. The molecule has 0 radical (unpaired) electrons. The largest absolute Gasteiger partial charge is 0.309 e. The van der Waals surface area contributed by atoms with Crippen LogP contribution in [-0.4, -0.2) is 18.2 Å². The van der Waals surface area contributed by atoms with Gasteiger partial charge in [0.25, 0.3) is 0 Å². The van der Waals surface area contributed by atoms with Crippen LogP contribution in [0.1, 0.15) is 6.42 Å². The van der Waals surface area contributed by atoms with Gasteiger partial charge in [-0.3, -0.25) is 4.79 Å². The highest BCUT2D eigenvalue weighted by atomic mass is 79.9. The van der Waals surface area contributed by atoms with Crippen LogP contribution in [0.4, 0.5) is 10.1 Å². The first kappa shape index (κ1) is 13.2. The summed E-state index contributed by atoms with van der Waals surface area (Å²) in [6.07, 6.45) is 0.413. The first-order valence-electron chi connectivity index (χ1n) is 5.09. The highest BCUT2D eigenvalue weighted by Gasteiger charge is 2.31. The number of carbonyl (C=O) groups excluding carboxylic acids is 1. The molecule has 1 saturated heterocycles. The summed E-state index contributed by atoms with van der Waals surface area (Å²) >= 11 is 13.1. The first-order valence-corrected chi connectivity index (χ1v) is 6.89. The van der Waals surface area contributed by atoms with Gasteiger partial charge in [-0.25, -0.2) is 4.39 Å². The van der Waals surface area contributed by atoms with Crippen LogP contribution in [0.2, 0.25) is 5.02 Å². The van der Waals surface area contributed by atoms with Gasteiger partial charge < -0.3 is 4.90 Å². The van der Waals surface area contributed by atoms with E-state index in [9.17, 15) is 9.18 Å². The fraction of sp³-hybridized carbons (Fsp3) is 0.364. The lowest BCUT2D eigenvalue weighted by atomic mass is 10.1. The van der Waals surface area contributed by atoms with Gasteiger partial charge in [-0.2, -0.15) is 12.6 Å². The quantitative estimate of drug-likeness (QED) is 0.646. The number of rotatable bonds is 2. The second-order valence-electron chi connectivity index (χ2n) is 3.95. The van der Waals surface area contributed by atoms with Crippen molar-refractivity contribution in [3.63, 3.8) is 0 Å². The predicted octanol–water partition coefficient (Wildman–Crippen LogP) is 3.52. The normalized spacial score (nSPS) is 20.1. The van der Waals surface area contributed by atoms with E-state index in [1.807, 2.05) is 0 Å². The van der Waals surface area contributed by atoms with E-state index >= 15 is 0 Å². The third kappa shape index (κ3) is 2.46. The molecular formula is C11H10BrClFNOS.